The van der Waals surface area contributed by atoms with Gasteiger partial charge in [-0.2, -0.15) is 0 Å². The summed E-state index contributed by atoms with van der Waals surface area (Å²) < 4.78 is 9.47. The molecular weight excluding hydrogens is 304 g/mol. The Morgan fingerprint density at radius 3 is 2.09 bits per heavy atom. The van der Waals surface area contributed by atoms with Crippen molar-refractivity contribution in [3.63, 3.8) is 0 Å². The molecule has 1 rings (SSSR count). The topological polar surface area (TPSA) is 110 Å². The third kappa shape index (κ3) is 6.31. The van der Waals surface area contributed by atoms with Crippen molar-refractivity contribution in [2.45, 2.75) is 33.2 Å². The number of hydrogen-bond donors (Lipinski definition) is 2. The Balaban J connectivity index is 0.00000232. The number of carbonyl (C=O) groups is 3. The lowest BCUT2D eigenvalue weighted by atomic mass is 10.1. The smallest absolute Gasteiger partial charge is 0.342 e. The summed E-state index contributed by atoms with van der Waals surface area (Å²) in [5.74, 6) is -3.23. The van der Waals surface area contributed by atoms with Crippen LogP contribution in [0.2, 0.25) is 0 Å². The zero-order chi connectivity index (χ0) is 18.0. The second-order valence-corrected chi connectivity index (χ2v) is 4.01. The molecular formula is C16H20O7. The van der Waals surface area contributed by atoms with Gasteiger partial charge in [-0.25, -0.2) is 14.4 Å². The van der Waals surface area contributed by atoms with Gasteiger partial charge in [0.25, 0.3) is 6.29 Å². The maximum atomic E-state index is 11.9. The Hall–Kier alpha value is -2.67. The fourth-order valence-corrected chi connectivity index (χ4v) is 1.40. The predicted molar refractivity (Wildman–Crippen MR) is 81.9 cm³/mol. The summed E-state index contributed by atoms with van der Waals surface area (Å²) in [6.45, 7) is 8.42. The quantitative estimate of drug-likeness (QED) is 0.468. The van der Waals surface area contributed by atoms with Gasteiger partial charge in [-0.1, -0.05) is 32.6 Å². The van der Waals surface area contributed by atoms with E-state index < -0.39 is 30.3 Å². The van der Waals surface area contributed by atoms with Crippen molar-refractivity contribution in [2.24, 2.45) is 0 Å². The largest absolute Gasteiger partial charge is 0.478 e. The molecule has 0 radical (unpaired) electrons. The van der Waals surface area contributed by atoms with Crippen molar-refractivity contribution >= 4 is 17.9 Å². The van der Waals surface area contributed by atoms with Gasteiger partial charge in [-0.3, -0.25) is 0 Å². The lowest BCUT2D eigenvalue weighted by Gasteiger charge is -2.20. The molecule has 0 heterocycles. The average Bonchev–Trinajstić information content (AvgIpc) is 2.55. The molecule has 2 atom stereocenters. The first kappa shape index (κ1) is 20.3. The fraction of sp³-hybridized carbons (Fsp3) is 0.312. The summed E-state index contributed by atoms with van der Waals surface area (Å²) in [6, 6.07) is 5.38. The molecule has 1 aromatic carbocycles. The highest BCUT2D eigenvalue weighted by atomic mass is 16.7. The van der Waals surface area contributed by atoms with E-state index >= 15 is 0 Å². The average molecular weight is 324 g/mol. The molecule has 0 saturated carbocycles. The molecule has 0 aromatic heterocycles. The first-order valence-electron chi connectivity index (χ1n) is 6.91. The van der Waals surface area contributed by atoms with E-state index in [-0.39, 0.29) is 11.1 Å². The normalized spacial score (nSPS) is 12.0. The number of aliphatic hydroxyl groups excluding tert-OH is 1. The molecule has 1 aromatic rings. The molecule has 0 saturated heterocycles. The molecule has 126 valence electrons. The number of carbonyl (C=O) groups excluding carboxylic acids is 2. The maximum absolute atomic E-state index is 11.9. The summed E-state index contributed by atoms with van der Waals surface area (Å²) in [6.07, 6.45) is -2.02. The molecule has 23 heavy (non-hydrogen) atoms. The number of esters is 2. The molecule has 2 unspecified atom stereocenters. The molecule has 7 nitrogen and oxygen atoms in total. The number of aromatic carboxylic acids is 1. The number of ether oxygens (including phenoxy) is 2. The highest BCUT2D eigenvalue weighted by Gasteiger charge is 2.26. The van der Waals surface area contributed by atoms with Gasteiger partial charge in [0.15, 0.2) is 0 Å². The first-order chi connectivity index (χ1) is 10.9. The molecule has 0 aliphatic rings. The SMILES string of the molecule is C=CC(=O)OC(OC(=O)c1ccccc1C(=O)O)C(C)O.CC. The number of aliphatic hydroxyl groups is 1. The number of benzene rings is 1. The van der Waals surface area contributed by atoms with Crippen molar-refractivity contribution in [1.82, 2.24) is 0 Å². The number of carboxylic acid groups (broad SMARTS) is 1. The summed E-state index contributed by atoms with van der Waals surface area (Å²) >= 11 is 0. The third-order valence-electron chi connectivity index (χ3n) is 2.39. The Labute approximate surface area is 134 Å². The van der Waals surface area contributed by atoms with Crippen molar-refractivity contribution in [1.29, 1.82) is 0 Å². The summed E-state index contributed by atoms with van der Waals surface area (Å²) in [5.41, 5.74) is -0.479. The predicted octanol–water partition coefficient (Wildman–Crippen LogP) is 2.00. The zero-order valence-electron chi connectivity index (χ0n) is 13.2. The van der Waals surface area contributed by atoms with E-state index in [2.05, 4.69) is 11.3 Å². The molecule has 0 amide bonds. The molecule has 2 N–H and O–H groups in total. The van der Waals surface area contributed by atoms with Gasteiger partial charge in [0.2, 0.25) is 0 Å². The van der Waals surface area contributed by atoms with E-state index in [0.717, 1.165) is 6.08 Å². The molecule has 7 heteroatoms. The van der Waals surface area contributed by atoms with Crippen LogP contribution in [0.15, 0.2) is 36.9 Å². The van der Waals surface area contributed by atoms with Crippen molar-refractivity contribution < 1.29 is 34.1 Å². The van der Waals surface area contributed by atoms with Crippen LogP contribution in [-0.2, 0) is 14.3 Å². The summed E-state index contributed by atoms with van der Waals surface area (Å²) in [5, 5.41) is 18.4. The Morgan fingerprint density at radius 2 is 1.65 bits per heavy atom. The van der Waals surface area contributed by atoms with Crippen LogP contribution in [0.4, 0.5) is 0 Å². The van der Waals surface area contributed by atoms with Crippen LogP contribution < -0.4 is 0 Å². The first-order valence-corrected chi connectivity index (χ1v) is 6.91. The van der Waals surface area contributed by atoms with E-state index in [1.54, 1.807) is 0 Å². The van der Waals surface area contributed by atoms with E-state index in [1.807, 2.05) is 13.8 Å². The Bertz CT molecular complexity index is 563. The van der Waals surface area contributed by atoms with Crippen molar-refractivity contribution in [3.05, 3.63) is 48.0 Å². The maximum Gasteiger partial charge on any atom is 0.342 e. The molecule has 0 bridgehead atoms. The molecule has 0 aliphatic carbocycles. The molecule has 0 spiro atoms. The van der Waals surface area contributed by atoms with Crippen LogP contribution in [0.1, 0.15) is 41.5 Å². The fourth-order valence-electron chi connectivity index (χ4n) is 1.40. The number of carboxylic acids is 1. The minimum absolute atomic E-state index is 0.217. The Morgan fingerprint density at radius 1 is 1.13 bits per heavy atom. The second kappa shape index (κ2) is 10.1. The van der Waals surface area contributed by atoms with Crippen LogP contribution in [0.25, 0.3) is 0 Å². The van der Waals surface area contributed by atoms with Crippen LogP contribution in [0.5, 0.6) is 0 Å². The number of hydrogen-bond acceptors (Lipinski definition) is 6. The van der Waals surface area contributed by atoms with Gasteiger partial charge >= 0.3 is 17.9 Å². The van der Waals surface area contributed by atoms with Crippen molar-refractivity contribution in [2.75, 3.05) is 0 Å². The van der Waals surface area contributed by atoms with Gasteiger partial charge in [0.05, 0.1) is 11.1 Å². The van der Waals surface area contributed by atoms with Crippen LogP contribution in [0, 0.1) is 0 Å². The molecule has 0 fully saturated rings. The van der Waals surface area contributed by atoms with Crippen LogP contribution >= 0.6 is 0 Å². The van der Waals surface area contributed by atoms with E-state index in [0.29, 0.717) is 0 Å². The van der Waals surface area contributed by atoms with E-state index in [9.17, 15) is 19.5 Å². The lowest BCUT2D eigenvalue weighted by molar-refractivity contribution is -0.179. The van der Waals surface area contributed by atoms with E-state index in [4.69, 9.17) is 9.84 Å². The van der Waals surface area contributed by atoms with Crippen LogP contribution in [-0.4, -0.2) is 40.5 Å². The van der Waals surface area contributed by atoms with Gasteiger partial charge in [-0.15, -0.1) is 0 Å². The highest BCUT2D eigenvalue weighted by Crippen LogP contribution is 2.13. The molecule has 0 aliphatic heterocycles. The summed E-state index contributed by atoms with van der Waals surface area (Å²) in [7, 11) is 0. The van der Waals surface area contributed by atoms with E-state index in [1.165, 1.54) is 31.2 Å². The number of rotatable bonds is 6. The Kier molecular flexibility index (Phi) is 8.95. The summed E-state index contributed by atoms with van der Waals surface area (Å²) in [4.78, 5) is 34.0. The van der Waals surface area contributed by atoms with Gasteiger partial charge < -0.3 is 19.7 Å². The van der Waals surface area contributed by atoms with Crippen LogP contribution in [0.3, 0.4) is 0 Å². The third-order valence-corrected chi connectivity index (χ3v) is 2.39. The van der Waals surface area contributed by atoms with Gasteiger partial charge in [0.1, 0.15) is 6.10 Å². The highest BCUT2D eigenvalue weighted by molar-refractivity contribution is 6.02. The van der Waals surface area contributed by atoms with Gasteiger partial charge in [0, 0.05) is 6.08 Å². The minimum Gasteiger partial charge on any atom is -0.478 e. The zero-order valence-corrected chi connectivity index (χ0v) is 13.2. The van der Waals surface area contributed by atoms with Crippen molar-refractivity contribution in [3.8, 4) is 0 Å². The standard InChI is InChI=1S/C14H14O7.C2H6/c1-3-11(16)20-14(8(2)15)21-13(19)10-7-5-4-6-9(10)12(17)18;1-2/h3-8,14-15H,1H2,2H3,(H,17,18);1-2H3. The van der Waals surface area contributed by atoms with Gasteiger partial charge in [-0.05, 0) is 19.1 Å². The monoisotopic (exact) mass is 324 g/mol. The second-order valence-electron chi connectivity index (χ2n) is 4.01. The minimum atomic E-state index is -1.56. The lowest BCUT2D eigenvalue weighted by Crippen LogP contribution is -2.33.